The third-order valence-corrected chi connectivity index (χ3v) is 2.00. The SMILES string of the molecule is CS(=O)(=O)O.NS(=O)(=O)c1ccccc1. The van der Waals surface area contributed by atoms with Gasteiger partial charge in [0.15, 0.2) is 0 Å². The molecule has 6 nitrogen and oxygen atoms in total. The van der Waals surface area contributed by atoms with E-state index in [0.717, 1.165) is 0 Å². The van der Waals surface area contributed by atoms with Crippen molar-refractivity contribution in [1.82, 2.24) is 0 Å². The van der Waals surface area contributed by atoms with Crippen LogP contribution in [0.1, 0.15) is 0 Å². The van der Waals surface area contributed by atoms with Crippen molar-refractivity contribution in [2.24, 2.45) is 5.14 Å². The van der Waals surface area contributed by atoms with Crippen LogP contribution in [0.3, 0.4) is 0 Å². The second kappa shape index (κ2) is 5.21. The van der Waals surface area contributed by atoms with Gasteiger partial charge in [0.1, 0.15) is 0 Å². The Labute approximate surface area is 88.5 Å². The Bertz CT molecular complexity index is 483. The standard InChI is InChI=1S/C6H7NO2S.CH4O3S/c7-10(8,9)6-4-2-1-3-5-6;1-5(2,3)4/h1-5H,(H2,7,8,9);1H3,(H,2,3,4). The Balaban J connectivity index is 0.000000336. The predicted octanol–water partition coefficient (Wildman–Crippen LogP) is -0.162. The summed E-state index contributed by atoms with van der Waals surface area (Å²) in [6.07, 6.45) is 0.715. The summed E-state index contributed by atoms with van der Waals surface area (Å²) in [5.74, 6) is 0. The smallest absolute Gasteiger partial charge is 0.261 e. The van der Waals surface area contributed by atoms with E-state index in [1.165, 1.54) is 12.1 Å². The fraction of sp³-hybridized carbons (Fsp3) is 0.143. The molecule has 0 unspecified atom stereocenters. The highest BCUT2D eigenvalue weighted by atomic mass is 32.2. The maximum absolute atomic E-state index is 10.6. The Morgan fingerprint density at radius 2 is 1.40 bits per heavy atom. The molecule has 15 heavy (non-hydrogen) atoms. The van der Waals surface area contributed by atoms with Crippen molar-refractivity contribution in [2.75, 3.05) is 6.26 Å². The van der Waals surface area contributed by atoms with Crippen molar-refractivity contribution in [3.63, 3.8) is 0 Å². The highest BCUT2D eigenvalue weighted by Crippen LogP contribution is 2.02. The summed E-state index contributed by atoms with van der Waals surface area (Å²) in [7, 11) is -7.17. The number of benzene rings is 1. The van der Waals surface area contributed by atoms with Gasteiger partial charge in [-0.15, -0.1) is 0 Å². The highest BCUT2D eigenvalue weighted by Gasteiger charge is 2.03. The minimum Gasteiger partial charge on any atom is -0.286 e. The first kappa shape index (κ1) is 14.0. The van der Waals surface area contributed by atoms with Gasteiger partial charge in [0.25, 0.3) is 10.1 Å². The van der Waals surface area contributed by atoms with Crippen molar-refractivity contribution in [3.05, 3.63) is 30.3 Å². The minimum atomic E-state index is -3.67. The Kier molecular flexibility index (Phi) is 4.88. The molecule has 0 saturated heterocycles. The molecule has 3 N–H and O–H groups in total. The van der Waals surface area contributed by atoms with Crippen LogP contribution < -0.4 is 5.14 Å². The number of primary sulfonamides is 1. The molecule has 0 heterocycles. The van der Waals surface area contributed by atoms with Gasteiger partial charge in [-0.05, 0) is 12.1 Å². The zero-order valence-corrected chi connectivity index (χ0v) is 9.49. The molecule has 0 atom stereocenters. The zero-order chi connectivity index (χ0) is 12.1. The van der Waals surface area contributed by atoms with E-state index < -0.39 is 20.1 Å². The second-order valence-electron chi connectivity index (χ2n) is 2.59. The average molecular weight is 253 g/mol. The van der Waals surface area contributed by atoms with Crippen LogP contribution in [0.4, 0.5) is 0 Å². The summed E-state index contributed by atoms with van der Waals surface area (Å²) in [6, 6.07) is 7.89. The number of rotatable bonds is 1. The molecule has 0 aliphatic rings. The third-order valence-electron chi connectivity index (χ3n) is 1.07. The molecule has 1 aromatic rings. The lowest BCUT2D eigenvalue weighted by Gasteiger charge is -1.93. The first-order chi connectivity index (χ1) is 6.61. The number of hydrogen-bond donors (Lipinski definition) is 2. The van der Waals surface area contributed by atoms with Gasteiger partial charge < -0.3 is 0 Å². The van der Waals surface area contributed by atoms with Gasteiger partial charge in [-0.25, -0.2) is 13.6 Å². The molecule has 0 aromatic heterocycles. The van der Waals surface area contributed by atoms with Gasteiger partial charge in [0, 0.05) is 0 Å². The maximum Gasteiger partial charge on any atom is 0.261 e. The van der Waals surface area contributed by atoms with Crippen LogP contribution >= 0.6 is 0 Å². The maximum atomic E-state index is 10.6. The van der Waals surface area contributed by atoms with Gasteiger partial charge in [-0.2, -0.15) is 8.42 Å². The van der Waals surface area contributed by atoms with Crippen molar-refractivity contribution < 1.29 is 21.4 Å². The van der Waals surface area contributed by atoms with E-state index in [1.807, 2.05) is 0 Å². The Morgan fingerprint density at radius 1 is 1.07 bits per heavy atom. The van der Waals surface area contributed by atoms with Crippen molar-refractivity contribution >= 4 is 20.1 Å². The van der Waals surface area contributed by atoms with Crippen LogP contribution in [0.5, 0.6) is 0 Å². The quantitative estimate of drug-likeness (QED) is 0.675. The number of nitrogens with two attached hydrogens (primary N) is 1. The molecule has 1 aromatic carbocycles. The lowest BCUT2D eigenvalue weighted by atomic mass is 10.4. The van der Waals surface area contributed by atoms with Crippen LogP contribution in [-0.2, 0) is 20.1 Å². The second-order valence-corrected chi connectivity index (χ2v) is 5.62. The molecule has 1 rings (SSSR count). The molecule has 0 fully saturated rings. The van der Waals surface area contributed by atoms with E-state index in [-0.39, 0.29) is 4.90 Å². The fourth-order valence-corrected chi connectivity index (χ4v) is 1.15. The van der Waals surface area contributed by atoms with Gasteiger partial charge in [-0.3, -0.25) is 4.55 Å². The molecule has 0 spiro atoms. The summed E-state index contributed by atoms with van der Waals surface area (Å²) in [5.41, 5.74) is 0. The summed E-state index contributed by atoms with van der Waals surface area (Å²) >= 11 is 0. The van der Waals surface area contributed by atoms with E-state index in [2.05, 4.69) is 0 Å². The van der Waals surface area contributed by atoms with Gasteiger partial charge in [0.2, 0.25) is 10.0 Å². The molecule has 0 saturated carbocycles. The molecule has 0 amide bonds. The van der Waals surface area contributed by atoms with Crippen LogP contribution in [0.2, 0.25) is 0 Å². The predicted molar refractivity (Wildman–Crippen MR) is 55.3 cm³/mol. The topological polar surface area (TPSA) is 115 Å². The van der Waals surface area contributed by atoms with Gasteiger partial charge >= 0.3 is 0 Å². The summed E-state index contributed by atoms with van der Waals surface area (Å²) in [4.78, 5) is 0.148. The highest BCUT2D eigenvalue weighted by molar-refractivity contribution is 7.89. The van der Waals surface area contributed by atoms with E-state index in [9.17, 15) is 16.8 Å². The van der Waals surface area contributed by atoms with E-state index in [4.69, 9.17) is 9.69 Å². The fourth-order valence-electron chi connectivity index (χ4n) is 0.610. The molecule has 86 valence electrons. The van der Waals surface area contributed by atoms with Gasteiger partial charge in [0.05, 0.1) is 11.2 Å². The minimum absolute atomic E-state index is 0.148. The first-order valence-corrected chi connectivity index (χ1v) is 7.00. The molecule has 0 aliphatic carbocycles. The summed E-state index contributed by atoms with van der Waals surface area (Å²) in [6.45, 7) is 0. The van der Waals surface area contributed by atoms with E-state index in [1.54, 1.807) is 18.2 Å². The van der Waals surface area contributed by atoms with E-state index >= 15 is 0 Å². The lowest BCUT2D eigenvalue weighted by molar-refractivity contribution is 0.490. The molecule has 0 bridgehead atoms. The third kappa shape index (κ3) is 9.35. The van der Waals surface area contributed by atoms with Crippen LogP contribution in [0, 0.1) is 0 Å². The van der Waals surface area contributed by atoms with Gasteiger partial charge in [-0.1, -0.05) is 18.2 Å². The normalized spacial score (nSPS) is 11.4. The lowest BCUT2D eigenvalue weighted by Crippen LogP contribution is -2.11. The van der Waals surface area contributed by atoms with E-state index in [0.29, 0.717) is 6.26 Å². The zero-order valence-electron chi connectivity index (χ0n) is 7.86. The Hall–Kier alpha value is -0.960. The monoisotopic (exact) mass is 253 g/mol. The molecular weight excluding hydrogens is 242 g/mol. The molecule has 0 radical (unpaired) electrons. The largest absolute Gasteiger partial charge is 0.286 e. The molecular formula is C7H11NO5S2. The molecule has 8 heteroatoms. The number of hydrogen-bond acceptors (Lipinski definition) is 4. The average Bonchev–Trinajstić information content (AvgIpc) is 2.01. The number of sulfonamides is 1. The Morgan fingerprint density at radius 3 is 1.60 bits per heavy atom. The molecule has 0 aliphatic heterocycles. The first-order valence-electron chi connectivity index (χ1n) is 3.61. The van der Waals surface area contributed by atoms with Crippen LogP contribution in [0.25, 0.3) is 0 Å². The van der Waals surface area contributed by atoms with Crippen molar-refractivity contribution in [1.29, 1.82) is 0 Å². The van der Waals surface area contributed by atoms with Crippen molar-refractivity contribution in [3.8, 4) is 0 Å². The van der Waals surface area contributed by atoms with Crippen molar-refractivity contribution in [2.45, 2.75) is 4.90 Å². The summed E-state index contributed by atoms with van der Waals surface area (Å²) in [5, 5.41) is 4.83. The van der Waals surface area contributed by atoms with Crippen LogP contribution in [-0.4, -0.2) is 27.6 Å². The van der Waals surface area contributed by atoms with Crippen LogP contribution in [0.15, 0.2) is 35.2 Å². The summed E-state index contributed by atoms with van der Waals surface area (Å²) < 4.78 is 47.1.